The molecule has 0 radical (unpaired) electrons. The first-order valence-electron chi connectivity index (χ1n) is 9.06. The van der Waals surface area contributed by atoms with Gasteiger partial charge in [0.25, 0.3) is 11.8 Å². The maximum atomic E-state index is 5.73. The molecular weight excluding hydrogens is 316 g/mol. The number of hydrogen-bond donors (Lipinski definition) is 1. The number of piperazine rings is 1. The third-order valence-corrected chi connectivity index (χ3v) is 5.37. The zero-order valence-electron chi connectivity index (χ0n) is 14.8. The van der Waals surface area contributed by atoms with Crippen molar-refractivity contribution in [1.29, 1.82) is 0 Å². The van der Waals surface area contributed by atoms with Crippen LogP contribution in [0.4, 0.5) is 11.6 Å². The normalized spacial score (nSPS) is 20.9. The predicted octanol–water partition coefficient (Wildman–Crippen LogP) is 1.53. The number of nitrogens with two attached hydrogens (primary N) is 1. The highest BCUT2D eigenvalue weighted by atomic mass is 16.5. The molecular formula is C18H26N6O. The number of aromatic nitrogens is 2. The molecule has 2 aromatic rings. The number of anilines is 2. The van der Waals surface area contributed by atoms with E-state index in [-0.39, 0.29) is 0 Å². The van der Waals surface area contributed by atoms with Gasteiger partial charge in [-0.2, -0.15) is 4.98 Å². The molecule has 0 bridgehead atoms. The lowest BCUT2D eigenvalue weighted by Crippen LogP contribution is -2.52. The second-order valence-electron chi connectivity index (χ2n) is 7.08. The number of rotatable bonds is 3. The lowest BCUT2D eigenvalue weighted by atomic mass is 10.0. The van der Waals surface area contributed by atoms with Crippen molar-refractivity contribution in [3.63, 3.8) is 0 Å². The van der Waals surface area contributed by atoms with Gasteiger partial charge in [0, 0.05) is 56.6 Å². The standard InChI is InChI=1S/C18H26N6O/c1-22-10-12-23(13-11-22)16-6-8-24(9-7-16)18-20-17(25-21-18)14-2-4-15(19)5-3-14/h2-5,16H,6-13,19H2,1H3. The van der Waals surface area contributed by atoms with Crippen LogP contribution in [0.2, 0.25) is 0 Å². The Bertz CT molecular complexity index is 684. The molecule has 0 saturated carbocycles. The number of benzene rings is 1. The summed E-state index contributed by atoms with van der Waals surface area (Å²) in [5.41, 5.74) is 7.36. The van der Waals surface area contributed by atoms with E-state index >= 15 is 0 Å². The summed E-state index contributed by atoms with van der Waals surface area (Å²) in [5.74, 6) is 1.25. The van der Waals surface area contributed by atoms with E-state index in [0.29, 0.717) is 17.9 Å². The quantitative estimate of drug-likeness (QED) is 0.848. The Balaban J connectivity index is 1.36. The zero-order valence-corrected chi connectivity index (χ0v) is 14.8. The predicted molar refractivity (Wildman–Crippen MR) is 98.5 cm³/mol. The molecule has 3 heterocycles. The van der Waals surface area contributed by atoms with Crippen LogP contribution in [0.1, 0.15) is 12.8 Å². The van der Waals surface area contributed by atoms with Gasteiger partial charge in [0.2, 0.25) is 0 Å². The molecule has 1 aromatic heterocycles. The van der Waals surface area contributed by atoms with Crippen LogP contribution in [-0.4, -0.2) is 72.3 Å². The van der Waals surface area contributed by atoms with Crippen LogP contribution in [0.5, 0.6) is 0 Å². The van der Waals surface area contributed by atoms with Crippen LogP contribution in [0, 0.1) is 0 Å². The molecule has 2 saturated heterocycles. The minimum Gasteiger partial charge on any atom is -0.399 e. The monoisotopic (exact) mass is 342 g/mol. The summed E-state index contributed by atoms with van der Waals surface area (Å²) < 4.78 is 5.44. The number of hydrogen-bond acceptors (Lipinski definition) is 7. The Kier molecular flexibility index (Phi) is 4.59. The highest BCUT2D eigenvalue weighted by Gasteiger charge is 2.28. The van der Waals surface area contributed by atoms with Crippen molar-refractivity contribution < 1.29 is 4.52 Å². The minimum absolute atomic E-state index is 0.552. The molecule has 2 fully saturated rings. The summed E-state index contributed by atoms with van der Waals surface area (Å²) in [6.45, 7) is 6.69. The maximum Gasteiger partial charge on any atom is 0.266 e. The Morgan fingerprint density at radius 3 is 2.36 bits per heavy atom. The van der Waals surface area contributed by atoms with Gasteiger partial charge in [-0.3, -0.25) is 4.90 Å². The van der Waals surface area contributed by atoms with Crippen molar-refractivity contribution in [2.75, 3.05) is 56.9 Å². The van der Waals surface area contributed by atoms with E-state index in [9.17, 15) is 0 Å². The molecule has 134 valence electrons. The van der Waals surface area contributed by atoms with Gasteiger partial charge in [0.15, 0.2) is 0 Å². The molecule has 0 unspecified atom stereocenters. The highest BCUT2D eigenvalue weighted by Crippen LogP contribution is 2.25. The number of nitrogens with zero attached hydrogens (tertiary/aromatic N) is 5. The fraction of sp³-hybridized carbons (Fsp3) is 0.556. The molecule has 7 nitrogen and oxygen atoms in total. The van der Waals surface area contributed by atoms with Crippen molar-refractivity contribution in [2.45, 2.75) is 18.9 Å². The summed E-state index contributed by atoms with van der Waals surface area (Å²) in [5, 5.41) is 4.17. The van der Waals surface area contributed by atoms with Gasteiger partial charge in [0.05, 0.1) is 0 Å². The Morgan fingerprint density at radius 1 is 1.00 bits per heavy atom. The van der Waals surface area contributed by atoms with Gasteiger partial charge in [0.1, 0.15) is 0 Å². The van der Waals surface area contributed by atoms with Gasteiger partial charge >= 0.3 is 0 Å². The van der Waals surface area contributed by atoms with Crippen molar-refractivity contribution in [3.8, 4) is 11.5 Å². The van der Waals surface area contributed by atoms with Gasteiger partial charge < -0.3 is 20.1 Å². The molecule has 0 amide bonds. The van der Waals surface area contributed by atoms with E-state index in [1.807, 2.05) is 24.3 Å². The zero-order chi connectivity index (χ0) is 17.2. The topological polar surface area (TPSA) is 74.7 Å². The average molecular weight is 342 g/mol. The van der Waals surface area contributed by atoms with E-state index in [0.717, 1.165) is 37.2 Å². The van der Waals surface area contributed by atoms with Crippen LogP contribution in [0.25, 0.3) is 11.5 Å². The Morgan fingerprint density at radius 2 is 1.68 bits per heavy atom. The SMILES string of the molecule is CN1CCN(C2CCN(c3noc(-c4ccc(N)cc4)n3)CC2)CC1. The number of likely N-dealkylation sites (N-methyl/N-ethyl adjacent to an activating group) is 1. The van der Waals surface area contributed by atoms with Crippen molar-refractivity contribution in [2.24, 2.45) is 0 Å². The molecule has 2 aliphatic heterocycles. The van der Waals surface area contributed by atoms with Crippen LogP contribution < -0.4 is 10.6 Å². The van der Waals surface area contributed by atoms with E-state index in [1.54, 1.807) is 0 Å². The molecule has 2 N–H and O–H groups in total. The molecule has 0 atom stereocenters. The van der Waals surface area contributed by atoms with Crippen molar-refractivity contribution in [1.82, 2.24) is 19.9 Å². The Hall–Kier alpha value is -2.12. The van der Waals surface area contributed by atoms with Gasteiger partial charge in [-0.05, 0) is 49.3 Å². The Labute approximate surface area is 148 Å². The molecule has 0 spiro atoms. The van der Waals surface area contributed by atoms with E-state index in [1.165, 1.54) is 26.2 Å². The van der Waals surface area contributed by atoms with Crippen LogP contribution >= 0.6 is 0 Å². The lowest BCUT2D eigenvalue weighted by Gasteiger charge is -2.41. The first-order valence-corrected chi connectivity index (χ1v) is 9.06. The summed E-state index contributed by atoms with van der Waals surface area (Å²) in [7, 11) is 2.20. The van der Waals surface area contributed by atoms with Gasteiger partial charge in [-0.1, -0.05) is 0 Å². The number of nitrogen functional groups attached to an aromatic ring is 1. The van der Waals surface area contributed by atoms with E-state index in [4.69, 9.17) is 10.3 Å². The molecule has 1 aromatic carbocycles. The largest absolute Gasteiger partial charge is 0.399 e. The van der Waals surface area contributed by atoms with Crippen LogP contribution in [-0.2, 0) is 0 Å². The third-order valence-electron chi connectivity index (χ3n) is 5.37. The first kappa shape index (κ1) is 16.4. The fourth-order valence-corrected chi connectivity index (χ4v) is 3.71. The second-order valence-corrected chi connectivity index (χ2v) is 7.08. The van der Waals surface area contributed by atoms with E-state index in [2.05, 4.69) is 31.9 Å². The van der Waals surface area contributed by atoms with Crippen LogP contribution in [0.3, 0.4) is 0 Å². The van der Waals surface area contributed by atoms with E-state index < -0.39 is 0 Å². The maximum absolute atomic E-state index is 5.73. The number of piperidine rings is 1. The summed E-state index contributed by atoms with van der Waals surface area (Å²) in [6.07, 6.45) is 2.32. The summed E-state index contributed by atoms with van der Waals surface area (Å²) in [4.78, 5) is 11.9. The first-order chi connectivity index (χ1) is 12.2. The lowest BCUT2D eigenvalue weighted by molar-refractivity contribution is 0.0980. The third kappa shape index (κ3) is 3.62. The molecule has 4 rings (SSSR count). The van der Waals surface area contributed by atoms with Gasteiger partial charge in [-0.25, -0.2) is 0 Å². The van der Waals surface area contributed by atoms with Crippen molar-refractivity contribution in [3.05, 3.63) is 24.3 Å². The molecule has 0 aliphatic carbocycles. The second kappa shape index (κ2) is 7.01. The minimum atomic E-state index is 0.552. The highest BCUT2D eigenvalue weighted by molar-refractivity contribution is 5.58. The summed E-state index contributed by atoms with van der Waals surface area (Å²) >= 11 is 0. The van der Waals surface area contributed by atoms with Gasteiger partial charge in [-0.15, -0.1) is 0 Å². The molecule has 25 heavy (non-hydrogen) atoms. The molecule has 7 heteroatoms. The van der Waals surface area contributed by atoms with Crippen LogP contribution in [0.15, 0.2) is 28.8 Å². The average Bonchev–Trinajstić information content (AvgIpc) is 3.13. The summed E-state index contributed by atoms with van der Waals surface area (Å²) in [6, 6.07) is 8.20. The smallest absolute Gasteiger partial charge is 0.266 e. The molecule has 2 aliphatic rings. The fourth-order valence-electron chi connectivity index (χ4n) is 3.71. The van der Waals surface area contributed by atoms with Crippen molar-refractivity contribution >= 4 is 11.6 Å².